The molecule has 0 bridgehead atoms. The number of carbonyl (C=O) groups is 1. The monoisotopic (exact) mass is 411 g/mol. The van der Waals surface area contributed by atoms with Crippen LogP contribution in [0.5, 0.6) is 0 Å². The van der Waals surface area contributed by atoms with E-state index >= 15 is 0 Å². The molecule has 2 aromatic heterocycles. The van der Waals surface area contributed by atoms with Gasteiger partial charge in [0, 0.05) is 24.0 Å². The summed E-state index contributed by atoms with van der Waals surface area (Å²) in [5, 5.41) is 19.8. The Morgan fingerprint density at radius 1 is 1.07 bits per heavy atom. The highest BCUT2D eigenvalue weighted by Crippen LogP contribution is 2.41. The van der Waals surface area contributed by atoms with Gasteiger partial charge in [-0.15, -0.1) is 14.8 Å². The lowest BCUT2D eigenvalue weighted by Crippen LogP contribution is -2.42. The number of aromatic nitrogens is 5. The second-order valence-electron chi connectivity index (χ2n) is 7.85. The van der Waals surface area contributed by atoms with Crippen LogP contribution in [-0.2, 0) is 4.79 Å². The molecule has 2 fully saturated rings. The average molecular weight is 412 g/mol. The molecule has 1 unspecified atom stereocenters. The Morgan fingerprint density at radius 3 is 2.55 bits per heavy atom. The minimum absolute atomic E-state index is 0.0246. The third-order valence-electron chi connectivity index (χ3n) is 5.87. The Balaban J connectivity index is 1.21. The van der Waals surface area contributed by atoms with Crippen molar-refractivity contribution in [2.45, 2.75) is 31.7 Å². The maximum absolute atomic E-state index is 13.0. The highest BCUT2D eigenvalue weighted by molar-refractivity contribution is 6.30. The lowest BCUT2D eigenvalue weighted by Gasteiger charge is -2.32. The lowest BCUT2D eigenvalue weighted by atomic mass is 9.94. The summed E-state index contributed by atoms with van der Waals surface area (Å²) < 4.78 is 1.43. The first-order valence-corrected chi connectivity index (χ1v) is 10.4. The number of nitrogens with one attached hydrogen (secondary N) is 1. The van der Waals surface area contributed by atoms with E-state index in [4.69, 9.17) is 11.6 Å². The first-order valence-electron chi connectivity index (χ1n) is 10.0. The molecule has 3 aromatic rings. The third-order valence-corrected chi connectivity index (χ3v) is 6.12. The number of carbonyl (C=O) groups excluding carboxylic acids is 1. The van der Waals surface area contributed by atoms with Crippen LogP contribution in [0.3, 0.4) is 0 Å². The van der Waals surface area contributed by atoms with Crippen molar-refractivity contribution in [2.75, 3.05) is 18.0 Å². The highest BCUT2D eigenvalue weighted by atomic mass is 35.5. The van der Waals surface area contributed by atoms with Crippen LogP contribution in [-0.4, -0.2) is 44.3 Å². The molecule has 5 rings (SSSR count). The quantitative estimate of drug-likeness (QED) is 0.694. The number of anilines is 1. The van der Waals surface area contributed by atoms with E-state index in [2.05, 4.69) is 30.8 Å². The third kappa shape index (κ3) is 3.89. The van der Waals surface area contributed by atoms with Crippen molar-refractivity contribution in [3.8, 4) is 0 Å². The van der Waals surface area contributed by atoms with Crippen LogP contribution in [0.1, 0.15) is 37.3 Å². The van der Waals surface area contributed by atoms with Gasteiger partial charge in [-0.3, -0.25) is 4.79 Å². The molecule has 1 saturated carbocycles. The fourth-order valence-electron chi connectivity index (χ4n) is 4.02. The first-order chi connectivity index (χ1) is 14.2. The van der Waals surface area contributed by atoms with Gasteiger partial charge in [-0.2, -0.15) is 0 Å². The minimum Gasteiger partial charge on any atom is -0.355 e. The first kappa shape index (κ1) is 18.3. The number of amides is 1. The molecular weight excluding hydrogens is 390 g/mol. The van der Waals surface area contributed by atoms with Gasteiger partial charge in [0.2, 0.25) is 5.91 Å². The maximum atomic E-state index is 13.0. The van der Waals surface area contributed by atoms with Crippen molar-refractivity contribution in [1.82, 2.24) is 30.6 Å². The van der Waals surface area contributed by atoms with Gasteiger partial charge in [0.25, 0.3) is 0 Å². The number of rotatable bonds is 5. The largest absolute Gasteiger partial charge is 0.355 e. The van der Waals surface area contributed by atoms with Gasteiger partial charge < -0.3 is 10.2 Å². The standard InChI is InChI=1S/C20H22ClN7O/c21-16-5-3-14(4-6-16)19(13-1-2-13)22-20(29)15-9-11-27(12-10-15)18-8-7-17-23-25-26-28(17)24-18/h3-8,13,15,19H,1-2,9-12H2,(H,22,29). The molecule has 1 saturated heterocycles. The molecule has 0 spiro atoms. The molecule has 1 aliphatic carbocycles. The summed E-state index contributed by atoms with van der Waals surface area (Å²) in [5.41, 5.74) is 1.76. The SMILES string of the molecule is O=C(NC(c1ccc(Cl)cc1)C1CC1)C1CCN(c2ccc3nnnn3n2)CC1. The molecule has 29 heavy (non-hydrogen) atoms. The van der Waals surface area contributed by atoms with E-state index in [9.17, 15) is 4.79 Å². The molecule has 2 aliphatic rings. The van der Waals surface area contributed by atoms with Crippen LogP contribution >= 0.6 is 11.6 Å². The highest BCUT2D eigenvalue weighted by Gasteiger charge is 2.35. The van der Waals surface area contributed by atoms with E-state index in [0.29, 0.717) is 11.6 Å². The predicted molar refractivity (Wildman–Crippen MR) is 109 cm³/mol. The fraction of sp³-hybridized carbons (Fsp3) is 0.450. The molecular formula is C20H22ClN7O. The Bertz CT molecular complexity index is 1010. The Labute approximate surface area is 173 Å². The Morgan fingerprint density at radius 2 is 1.83 bits per heavy atom. The van der Waals surface area contributed by atoms with Gasteiger partial charge in [-0.1, -0.05) is 23.7 Å². The summed E-state index contributed by atoms with van der Waals surface area (Å²) in [6, 6.07) is 11.7. The summed E-state index contributed by atoms with van der Waals surface area (Å²) >= 11 is 6.02. The van der Waals surface area contributed by atoms with Gasteiger partial charge in [0.15, 0.2) is 11.5 Å². The lowest BCUT2D eigenvalue weighted by molar-refractivity contribution is -0.126. The number of piperidine rings is 1. The van der Waals surface area contributed by atoms with Crippen molar-refractivity contribution in [3.63, 3.8) is 0 Å². The van der Waals surface area contributed by atoms with E-state index in [1.165, 1.54) is 4.63 Å². The summed E-state index contributed by atoms with van der Waals surface area (Å²) in [5.74, 6) is 1.55. The molecule has 1 aliphatic heterocycles. The van der Waals surface area contributed by atoms with Crippen LogP contribution < -0.4 is 10.2 Å². The zero-order chi connectivity index (χ0) is 19.8. The van der Waals surface area contributed by atoms with Crippen molar-refractivity contribution >= 4 is 29.0 Å². The van der Waals surface area contributed by atoms with E-state index in [1.807, 2.05) is 36.4 Å². The average Bonchev–Trinajstić information content (AvgIpc) is 3.49. The summed E-state index contributed by atoms with van der Waals surface area (Å²) in [7, 11) is 0. The van der Waals surface area contributed by atoms with Crippen LogP contribution in [0, 0.1) is 11.8 Å². The molecule has 9 heteroatoms. The van der Waals surface area contributed by atoms with Crippen LogP contribution in [0.25, 0.3) is 5.65 Å². The topological polar surface area (TPSA) is 88.3 Å². The molecule has 8 nitrogen and oxygen atoms in total. The van der Waals surface area contributed by atoms with Gasteiger partial charge in [0.05, 0.1) is 6.04 Å². The molecule has 3 heterocycles. The maximum Gasteiger partial charge on any atom is 0.223 e. The number of tetrazole rings is 1. The molecule has 1 atom stereocenters. The second-order valence-corrected chi connectivity index (χ2v) is 8.29. The predicted octanol–water partition coefficient (Wildman–Crippen LogP) is 2.66. The second kappa shape index (κ2) is 7.59. The van der Waals surface area contributed by atoms with E-state index in [1.54, 1.807) is 0 Å². The van der Waals surface area contributed by atoms with E-state index in [-0.39, 0.29) is 17.9 Å². The number of benzene rings is 1. The molecule has 1 aromatic carbocycles. The number of nitrogens with zero attached hydrogens (tertiary/aromatic N) is 6. The van der Waals surface area contributed by atoms with Crippen LogP contribution in [0.2, 0.25) is 5.02 Å². The van der Waals surface area contributed by atoms with Crippen molar-refractivity contribution in [2.24, 2.45) is 11.8 Å². The fourth-order valence-corrected chi connectivity index (χ4v) is 4.15. The minimum atomic E-state index is 0.0246. The van der Waals surface area contributed by atoms with Gasteiger partial charge in [0.1, 0.15) is 0 Å². The molecule has 0 radical (unpaired) electrons. The van der Waals surface area contributed by atoms with E-state index in [0.717, 1.165) is 55.2 Å². The zero-order valence-corrected chi connectivity index (χ0v) is 16.7. The normalized spacial score (nSPS) is 18.7. The number of fused-ring (bicyclic) bond motifs is 1. The van der Waals surface area contributed by atoms with Crippen molar-refractivity contribution in [3.05, 3.63) is 47.0 Å². The zero-order valence-electron chi connectivity index (χ0n) is 15.9. The molecule has 1 N–H and O–H groups in total. The van der Waals surface area contributed by atoms with Crippen molar-refractivity contribution < 1.29 is 4.79 Å². The smallest absolute Gasteiger partial charge is 0.223 e. The summed E-state index contributed by atoms with van der Waals surface area (Å²) in [6.45, 7) is 1.57. The summed E-state index contributed by atoms with van der Waals surface area (Å²) in [4.78, 5) is 15.1. The number of hydrogen-bond acceptors (Lipinski definition) is 6. The molecule has 150 valence electrons. The van der Waals surface area contributed by atoms with Gasteiger partial charge in [-0.25, -0.2) is 0 Å². The Hall–Kier alpha value is -2.74. The molecule has 1 amide bonds. The van der Waals surface area contributed by atoms with Gasteiger partial charge >= 0.3 is 0 Å². The van der Waals surface area contributed by atoms with Gasteiger partial charge in [-0.05, 0) is 71.9 Å². The van der Waals surface area contributed by atoms with E-state index < -0.39 is 0 Å². The summed E-state index contributed by atoms with van der Waals surface area (Å²) in [6.07, 6.45) is 3.94. The Kier molecular flexibility index (Phi) is 4.79. The van der Waals surface area contributed by atoms with Crippen molar-refractivity contribution in [1.29, 1.82) is 0 Å². The van der Waals surface area contributed by atoms with Crippen LogP contribution in [0.4, 0.5) is 5.82 Å². The van der Waals surface area contributed by atoms with Crippen LogP contribution in [0.15, 0.2) is 36.4 Å². The number of hydrogen-bond donors (Lipinski definition) is 1. The number of halogens is 1.